The largest absolute Gasteiger partial charge is 0.497 e. The highest BCUT2D eigenvalue weighted by atomic mass is 79.9. The number of hydrogen-bond donors (Lipinski definition) is 1. The molecule has 6 heteroatoms. The lowest BCUT2D eigenvalue weighted by Crippen LogP contribution is -2.41. The monoisotopic (exact) mass is 479 g/mol. The zero-order chi connectivity index (χ0) is 22.2. The Morgan fingerprint density at radius 2 is 1.74 bits per heavy atom. The van der Waals surface area contributed by atoms with Gasteiger partial charge in [0.25, 0.3) is 5.91 Å². The molecule has 1 aliphatic heterocycles. The Balaban J connectivity index is 1.67. The van der Waals surface area contributed by atoms with E-state index in [1.165, 1.54) is 0 Å². The summed E-state index contributed by atoms with van der Waals surface area (Å²) in [5.74, 6) is -0.185. The average Bonchev–Trinajstić information content (AvgIpc) is 2.96. The molecule has 31 heavy (non-hydrogen) atoms. The van der Waals surface area contributed by atoms with Gasteiger partial charge in [-0.05, 0) is 55.0 Å². The van der Waals surface area contributed by atoms with Crippen LogP contribution in [0.1, 0.15) is 33.5 Å². The molecule has 0 saturated heterocycles. The number of fused-ring (bicyclic) bond motifs is 1. The van der Waals surface area contributed by atoms with Gasteiger partial charge in [-0.15, -0.1) is 0 Å². The molecule has 1 unspecified atom stereocenters. The Morgan fingerprint density at radius 3 is 2.39 bits per heavy atom. The molecule has 0 spiro atoms. The highest BCUT2D eigenvalue weighted by molar-refractivity contribution is 9.10. The van der Waals surface area contributed by atoms with Crippen LogP contribution in [0.5, 0.6) is 5.75 Å². The molecule has 4 rings (SSSR count). The molecule has 0 aliphatic carbocycles. The predicted molar refractivity (Wildman–Crippen MR) is 122 cm³/mol. The van der Waals surface area contributed by atoms with Gasteiger partial charge in [0.2, 0.25) is 0 Å². The second-order valence-electron chi connectivity index (χ2n) is 7.73. The highest BCUT2D eigenvalue weighted by Crippen LogP contribution is 2.44. The van der Waals surface area contributed by atoms with Gasteiger partial charge in [-0.2, -0.15) is 0 Å². The molecule has 1 aliphatic rings. The Morgan fingerprint density at radius 1 is 1.06 bits per heavy atom. The van der Waals surface area contributed by atoms with Gasteiger partial charge < -0.3 is 14.7 Å². The molecule has 0 fully saturated rings. The summed E-state index contributed by atoms with van der Waals surface area (Å²) in [6.07, 6.45) is -0.341. The quantitative estimate of drug-likeness (QED) is 0.516. The fraction of sp³-hybridized carbons (Fsp3) is 0.200. The van der Waals surface area contributed by atoms with Gasteiger partial charge in [-0.1, -0.05) is 45.8 Å². The van der Waals surface area contributed by atoms with Crippen molar-refractivity contribution in [3.8, 4) is 5.75 Å². The van der Waals surface area contributed by atoms with Crippen molar-refractivity contribution in [2.75, 3.05) is 12.0 Å². The number of ketones is 1. The maximum absolute atomic E-state index is 13.4. The molecule has 1 atom stereocenters. The van der Waals surface area contributed by atoms with Gasteiger partial charge in [0.15, 0.2) is 11.4 Å². The third kappa shape index (κ3) is 4.01. The standard InChI is InChI=1S/C25H22BrNO4/c1-16-3-5-17(6-4-16)15-27-22-12-9-19(26)13-21(22)25(30,24(27)29)14-23(28)18-7-10-20(31-2)11-8-18/h3-13,30H,14-15H2,1-2H3. The lowest BCUT2D eigenvalue weighted by Gasteiger charge is -2.23. The Hall–Kier alpha value is -2.96. The molecular formula is C25H22BrNO4. The maximum Gasteiger partial charge on any atom is 0.264 e. The number of carbonyl (C=O) groups excluding carboxylic acids is 2. The Bertz CT molecular complexity index is 1140. The fourth-order valence-electron chi connectivity index (χ4n) is 3.84. The Kier molecular flexibility index (Phi) is 5.69. The third-order valence-corrected chi connectivity index (χ3v) is 6.08. The summed E-state index contributed by atoms with van der Waals surface area (Å²) in [7, 11) is 1.55. The summed E-state index contributed by atoms with van der Waals surface area (Å²) in [4.78, 5) is 27.9. The van der Waals surface area contributed by atoms with Crippen LogP contribution < -0.4 is 9.64 Å². The van der Waals surface area contributed by atoms with Crippen molar-refractivity contribution in [3.63, 3.8) is 0 Å². The van der Waals surface area contributed by atoms with Crippen LogP contribution in [0, 0.1) is 6.92 Å². The molecule has 0 radical (unpaired) electrons. The topological polar surface area (TPSA) is 66.8 Å². The number of halogens is 1. The van der Waals surface area contributed by atoms with Gasteiger partial charge >= 0.3 is 0 Å². The second-order valence-corrected chi connectivity index (χ2v) is 8.64. The van der Waals surface area contributed by atoms with Crippen LogP contribution in [-0.2, 0) is 16.9 Å². The molecule has 5 nitrogen and oxygen atoms in total. The first-order valence-electron chi connectivity index (χ1n) is 9.89. The number of rotatable bonds is 6. The number of benzene rings is 3. The third-order valence-electron chi connectivity index (χ3n) is 5.58. The van der Waals surface area contributed by atoms with E-state index in [0.717, 1.165) is 15.6 Å². The summed E-state index contributed by atoms with van der Waals surface area (Å²) >= 11 is 3.42. The number of anilines is 1. The van der Waals surface area contributed by atoms with E-state index in [0.29, 0.717) is 29.1 Å². The van der Waals surface area contributed by atoms with Crippen LogP contribution >= 0.6 is 15.9 Å². The molecule has 1 heterocycles. The smallest absolute Gasteiger partial charge is 0.264 e. The minimum absolute atomic E-state index is 0.312. The number of carbonyl (C=O) groups is 2. The highest BCUT2D eigenvalue weighted by Gasteiger charge is 2.51. The SMILES string of the molecule is COc1ccc(C(=O)CC2(O)C(=O)N(Cc3ccc(C)cc3)c3ccc(Br)cc32)cc1. The summed E-state index contributed by atoms with van der Waals surface area (Å²) in [5.41, 5.74) is 1.59. The van der Waals surface area contributed by atoms with Gasteiger partial charge in [0.1, 0.15) is 5.75 Å². The van der Waals surface area contributed by atoms with Gasteiger partial charge in [-0.3, -0.25) is 9.59 Å². The van der Waals surface area contributed by atoms with Gasteiger partial charge in [-0.25, -0.2) is 0 Å². The number of aryl methyl sites for hydroxylation is 1. The van der Waals surface area contributed by atoms with Crippen LogP contribution in [0.4, 0.5) is 5.69 Å². The van der Waals surface area contributed by atoms with E-state index in [2.05, 4.69) is 15.9 Å². The Labute approximate surface area is 189 Å². The van der Waals surface area contributed by atoms with Crippen LogP contribution in [0.2, 0.25) is 0 Å². The van der Waals surface area contributed by atoms with Crippen molar-refractivity contribution >= 4 is 33.3 Å². The molecule has 0 saturated carbocycles. The second kappa shape index (κ2) is 8.29. The summed E-state index contributed by atoms with van der Waals surface area (Å²) in [5, 5.41) is 11.5. The maximum atomic E-state index is 13.4. The predicted octanol–water partition coefficient (Wildman–Crippen LogP) is 4.77. The number of nitrogens with zero attached hydrogens (tertiary/aromatic N) is 1. The van der Waals surface area contributed by atoms with Crippen LogP contribution in [0.3, 0.4) is 0 Å². The number of amides is 1. The van der Waals surface area contributed by atoms with E-state index < -0.39 is 11.5 Å². The van der Waals surface area contributed by atoms with Crippen LogP contribution in [0.15, 0.2) is 71.2 Å². The minimum Gasteiger partial charge on any atom is -0.497 e. The van der Waals surface area contributed by atoms with Crippen molar-refractivity contribution in [2.24, 2.45) is 0 Å². The van der Waals surface area contributed by atoms with Crippen LogP contribution in [-0.4, -0.2) is 23.9 Å². The number of methoxy groups -OCH3 is 1. The summed E-state index contributed by atoms with van der Waals surface area (Å²) in [6, 6.07) is 19.9. The van der Waals surface area contributed by atoms with Crippen molar-refractivity contribution in [1.82, 2.24) is 0 Å². The van der Waals surface area contributed by atoms with Gasteiger partial charge in [0, 0.05) is 15.6 Å². The first kappa shape index (κ1) is 21.3. The number of aliphatic hydroxyl groups is 1. The molecule has 1 N–H and O–H groups in total. The van der Waals surface area contributed by atoms with E-state index >= 15 is 0 Å². The van der Waals surface area contributed by atoms with Crippen molar-refractivity contribution < 1.29 is 19.4 Å². The van der Waals surface area contributed by atoms with E-state index in [1.54, 1.807) is 48.4 Å². The average molecular weight is 480 g/mol. The molecule has 0 aromatic heterocycles. The van der Waals surface area contributed by atoms with Gasteiger partial charge in [0.05, 0.1) is 25.8 Å². The molecule has 158 valence electrons. The molecule has 3 aromatic rings. The number of hydrogen-bond acceptors (Lipinski definition) is 4. The molecular weight excluding hydrogens is 458 g/mol. The van der Waals surface area contributed by atoms with E-state index in [4.69, 9.17) is 4.74 Å². The first-order chi connectivity index (χ1) is 14.8. The van der Waals surface area contributed by atoms with E-state index in [1.807, 2.05) is 37.3 Å². The normalized spacial score (nSPS) is 17.5. The lowest BCUT2D eigenvalue weighted by molar-refractivity contribution is -0.136. The van der Waals surface area contributed by atoms with Crippen molar-refractivity contribution in [3.05, 3.63) is 93.5 Å². The first-order valence-corrected chi connectivity index (χ1v) is 10.7. The van der Waals surface area contributed by atoms with Crippen molar-refractivity contribution in [2.45, 2.75) is 25.5 Å². The minimum atomic E-state index is -1.93. The number of ether oxygens (including phenoxy) is 1. The number of Topliss-reactive ketones (excluding diaryl/α,β-unsaturated/α-hetero) is 1. The van der Waals surface area contributed by atoms with Crippen molar-refractivity contribution in [1.29, 1.82) is 0 Å². The lowest BCUT2D eigenvalue weighted by atomic mass is 9.88. The molecule has 0 bridgehead atoms. The van der Waals surface area contributed by atoms with Crippen LogP contribution in [0.25, 0.3) is 0 Å². The van der Waals surface area contributed by atoms with E-state index in [9.17, 15) is 14.7 Å². The van der Waals surface area contributed by atoms with E-state index in [-0.39, 0.29) is 12.2 Å². The fourth-order valence-corrected chi connectivity index (χ4v) is 4.20. The molecule has 3 aromatic carbocycles. The molecule has 1 amide bonds. The zero-order valence-corrected chi connectivity index (χ0v) is 18.8. The summed E-state index contributed by atoms with van der Waals surface area (Å²) < 4.78 is 5.86. The summed E-state index contributed by atoms with van der Waals surface area (Å²) in [6.45, 7) is 2.31. The zero-order valence-electron chi connectivity index (χ0n) is 17.3.